The van der Waals surface area contributed by atoms with Crippen molar-refractivity contribution in [1.82, 2.24) is 0 Å². The second-order valence-electron chi connectivity index (χ2n) is 4.08. The second-order valence-corrected chi connectivity index (χ2v) is 4.08. The quantitative estimate of drug-likeness (QED) is 0.633. The number of halogens is 8. The average Bonchev–Trinajstić information content (AvgIpc) is 2.26. The molecule has 0 aromatic carbocycles. The van der Waals surface area contributed by atoms with Crippen LogP contribution in [0.3, 0.4) is 0 Å². The number of alkyl halides is 8. The van der Waals surface area contributed by atoms with Crippen LogP contribution in [0.15, 0.2) is 0 Å². The van der Waals surface area contributed by atoms with Gasteiger partial charge in [0.2, 0.25) is 0 Å². The van der Waals surface area contributed by atoms with Gasteiger partial charge in [0.25, 0.3) is 0 Å². The highest BCUT2D eigenvalue weighted by atomic mass is 19.4. The molecule has 0 aromatic heterocycles. The van der Waals surface area contributed by atoms with Gasteiger partial charge in [-0.3, -0.25) is 4.79 Å². The molecular formula is C9H11F8NO3. The van der Waals surface area contributed by atoms with Crippen LogP contribution in [0.5, 0.6) is 0 Å². The summed E-state index contributed by atoms with van der Waals surface area (Å²) in [4.78, 5) is 10.1. The maximum Gasteiger partial charge on any atom is 0.380 e. The third kappa shape index (κ3) is 4.66. The van der Waals surface area contributed by atoms with Gasteiger partial charge < -0.3 is 15.6 Å². The molecule has 0 saturated heterocycles. The summed E-state index contributed by atoms with van der Waals surface area (Å²) in [5.41, 5.74) is 5.04. The average molecular weight is 333 g/mol. The standard InChI is InChI=1S/C9H11F8NO3/c10-6(11)8(14,15)9(16,17)7(12,13)3-21-2-4(18)1-5(19)20/h4,6H,1-3,18H2,(H,19,20). The Morgan fingerprint density at radius 1 is 1.14 bits per heavy atom. The minimum absolute atomic E-state index is 0.755. The van der Waals surface area contributed by atoms with Crippen molar-refractivity contribution < 1.29 is 49.8 Å². The first-order valence-electron chi connectivity index (χ1n) is 5.22. The van der Waals surface area contributed by atoms with E-state index in [0.717, 1.165) is 0 Å². The molecule has 21 heavy (non-hydrogen) atoms. The van der Waals surface area contributed by atoms with Gasteiger partial charge >= 0.3 is 30.2 Å². The van der Waals surface area contributed by atoms with Crippen LogP contribution < -0.4 is 5.73 Å². The predicted molar refractivity (Wildman–Crippen MR) is 51.9 cm³/mol. The minimum atomic E-state index is -6.36. The molecule has 12 heteroatoms. The molecule has 0 amide bonds. The van der Waals surface area contributed by atoms with E-state index >= 15 is 0 Å². The van der Waals surface area contributed by atoms with Crippen LogP contribution >= 0.6 is 0 Å². The highest BCUT2D eigenvalue weighted by molar-refractivity contribution is 5.67. The fraction of sp³-hybridized carbons (Fsp3) is 0.889. The van der Waals surface area contributed by atoms with Gasteiger partial charge in [-0.2, -0.15) is 26.3 Å². The van der Waals surface area contributed by atoms with Gasteiger partial charge in [-0.05, 0) is 0 Å². The first-order valence-corrected chi connectivity index (χ1v) is 5.22. The second kappa shape index (κ2) is 6.73. The van der Waals surface area contributed by atoms with E-state index < -0.39 is 55.8 Å². The third-order valence-corrected chi connectivity index (χ3v) is 2.20. The van der Waals surface area contributed by atoms with Gasteiger partial charge in [0, 0.05) is 6.04 Å². The summed E-state index contributed by atoms with van der Waals surface area (Å²) in [6, 6.07) is -1.36. The molecule has 0 radical (unpaired) electrons. The SMILES string of the molecule is NC(COCC(F)(F)C(F)(F)C(F)(F)C(F)F)CC(=O)O. The number of hydrogen-bond donors (Lipinski definition) is 2. The third-order valence-electron chi connectivity index (χ3n) is 2.20. The van der Waals surface area contributed by atoms with Crippen molar-refractivity contribution in [3.8, 4) is 0 Å². The minimum Gasteiger partial charge on any atom is -0.481 e. The Balaban J connectivity index is 4.71. The van der Waals surface area contributed by atoms with Crippen molar-refractivity contribution in [2.45, 2.75) is 36.7 Å². The van der Waals surface area contributed by atoms with E-state index in [0.29, 0.717) is 0 Å². The lowest BCUT2D eigenvalue weighted by molar-refractivity contribution is -0.346. The predicted octanol–water partition coefficient (Wildman–Crippen LogP) is 1.98. The van der Waals surface area contributed by atoms with Crippen molar-refractivity contribution in [3.63, 3.8) is 0 Å². The topological polar surface area (TPSA) is 72.5 Å². The summed E-state index contributed by atoms with van der Waals surface area (Å²) >= 11 is 0. The lowest BCUT2D eigenvalue weighted by Gasteiger charge is -2.32. The monoisotopic (exact) mass is 333 g/mol. The van der Waals surface area contributed by atoms with Crippen molar-refractivity contribution >= 4 is 5.97 Å². The van der Waals surface area contributed by atoms with Crippen LogP contribution in [0.1, 0.15) is 6.42 Å². The number of carboxylic acids is 1. The number of aliphatic carboxylic acids is 1. The van der Waals surface area contributed by atoms with Crippen LogP contribution in [-0.2, 0) is 9.53 Å². The molecule has 0 bridgehead atoms. The fourth-order valence-corrected chi connectivity index (χ4v) is 1.09. The number of hydrogen-bond acceptors (Lipinski definition) is 3. The van der Waals surface area contributed by atoms with Crippen LogP contribution in [0.2, 0.25) is 0 Å². The molecule has 3 N–H and O–H groups in total. The summed E-state index contributed by atoms with van der Waals surface area (Å²) < 4.78 is 104. The summed E-state index contributed by atoms with van der Waals surface area (Å²) in [5, 5.41) is 8.25. The number of carboxylic acid groups (broad SMARTS) is 1. The Kier molecular flexibility index (Phi) is 6.35. The van der Waals surface area contributed by atoms with Gasteiger partial charge in [0.15, 0.2) is 0 Å². The molecule has 0 fully saturated rings. The van der Waals surface area contributed by atoms with E-state index in [1.165, 1.54) is 0 Å². The van der Waals surface area contributed by atoms with Gasteiger partial charge in [-0.15, -0.1) is 0 Å². The molecule has 0 saturated carbocycles. The van der Waals surface area contributed by atoms with Crippen LogP contribution in [-0.4, -0.2) is 54.5 Å². The van der Waals surface area contributed by atoms with Gasteiger partial charge in [-0.1, -0.05) is 0 Å². The van der Waals surface area contributed by atoms with Crippen molar-refractivity contribution in [1.29, 1.82) is 0 Å². The van der Waals surface area contributed by atoms with E-state index in [-0.39, 0.29) is 0 Å². The van der Waals surface area contributed by atoms with E-state index in [9.17, 15) is 39.9 Å². The summed E-state index contributed by atoms with van der Waals surface area (Å²) in [7, 11) is 0. The zero-order valence-electron chi connectivity index (χ0n) is 10.1. The molecule has 0 aliphatic heterocycles. The normalized spacial score (nSPS) is 15.3. The van der Waals surface area contributed by atoms with Crippen molar-refractivity contribution in [3.05, 3.63) is 0 Å². The molecule has 0 spiro atoms. The molecule has 0 rings (SSSR count). The molecule has 4 nitrogen and oxygen atoms in total. The lowest BCUT2D eigenvalue weighted by Crippen LogP contribution is -2.59. The van der Waals surface area contributed by atoms with Gasteiger partial charge in [0.1, 0.15) is 6.61 Å². The van der Waals surface area contributed by atoms with Crippen LogP contribution in [0.25, 0.3) is 0 Å². The zero-order valence-corrected chi connectivity index (χ0v) is 10.1. The summed E-state index contributed by atoms with van der Waals surface area (Å²) in [6.07, 6.45) is -5.76. The Bertz CT molecular complexity index is 363. The smallest absolute Gasteiger partial charge is 0.380 e. The molecule has 0 heterocycles. The number of rotatable bonds is 9. The molecule has 0 aliphatic rings. The van der Waals surface area contributed by atoms with E-state index in [4.69, 9.17) is 10.8 Å². The Morgan fingerprint density at radius 3 is 2.00 bits per heavy atom. The molecule has 1 unspecified atom stereocenters. The highest BCUT2D eigenvalue weighted by Crippen LogP contribution is 2.48. The first kappa shape index (κ1) is 19.8. The van der Waals surface area contributed by atoms with Gasteiger partial charge in [-0.25, -0.2) is 8.78 Å². The van der Waals surface area contributed by atoms with E-state index in [1.807, 2.05) is 0 Å². The zero-order chi connectivity index (χ0) is 17.1. The first-order chi connectivity index (χ1) is 9.25. The molecular weight excluding hydrogens is 322 g/mol. The largest absolute Gasteiger partial charge is 0.481 e. The van der Waals surface area contributed by atoms with Crippen molar-refractivity contribution in [2.24, 2.45) is 5.73 Å². The van der Waals surface area contributed by atoms with Crippen LogP contribution in [0, 0.1) is 0 Å². The molecule has 126 valence electrons. The molecule has 0 aromatic rings. The number of ether oxygens (including phenoxy) is 1. The van der Waals surface area contributed by atoms with Crippen molar-refractivity contribution in [2.75, 3.05) is 13.2 Å². The molecule has 1 atom stereocenters. The summed E-state index contributed by atoms with van der Waals surface area (Å²) in [5.74, 6) is -19.7. The fourth-order valence-electron chi connectivity index (χ4n) is 1.09. The van der Waals surface area contributed by atoms with Gasteiger partial charge in [0.05, 0.1) is 13.0 Å². The Labute approximate surface area is 112 Å². The lowest BCUT2D eigenvalue weighted by atomic mass is 10.1. The Morgan fingerprint density at radius 2 is 1.62 bits per heavy atom. The maximum absolute atomic E-state index is 12.9. The maximum atomic E-state index is 12.9. The number of nitrogens with two attached hydrogens (primary N) is 1. The van der Waals surface area contributed by atoms with Crippen LogP contribution in [0.4, 0.5) is 35.1 Å². The summed E-state index contributed by atoms with van der Waals surface area (Å²) in [6.45, 7) is -3.28. The highest BCUT2D eigenvalue weighted by Gasteiger charge is 2.75. The van der Waals surface area contributed by atoms with E-state index in [1.54, 1.807) is 0 Å². The number of carbonyl (C=O) groups is 1. The van der Waals surface area contributed by atoms with E-state index in [2.05, 4.69) is 4.74 Å². The molecule has 0 aliphatic carbocycles. The Hall–Kier alpha value is -1.17.